The van der Waals surface area contributed by atoms with Crippen molar-refractivity contribution in [2.45, 2.75) is 64.3 Å². The molecular formula is C20H29N3O2. The van der Waals surface area contributed by atoms with E-state index in [1.807, 2.05) is 9.80 Å². The van der Waals surface area contributed by atoms with E-state index in [2.05, 4.69) is 11.9 Å². The first-order valence-electron chi connectivity index (χ1n) is 9.77. The number of pyridine rings is 1. The van der Waals surface area contributed by atoms with Crippen molar-refractivity contribution < 1.29 is 9.59 Å². The Labute approximate surface area is 150 Å². The number of amides is 2. The largest absolute Gasteiger partial charge is 0.339 e. The molecule has 3 heterocycles. The van der Waals surface area contributed by atoms with E-state index >= 15 is 0 Å². The number of carbonyl (C=O) groups excluding carboxylic acids is 2. The Hall–Kier alpha value is -1.91. The van der Waals surface area contributed by atoms with Crippen LogP contribution < -0.4 is 0 Å². The van der Waals surface area contributed by atoms with Crippen LogP contribution in [0.4, 0.5) is 0 Å². The van der Waals surface area contributed by atoms with Crippen molar-refractivity contribution in [3.05, 3.63) is 29.6 Å². The van der Waals surface area contributed by atoms with Gasteiger partial charge in [-0.05, 0) is 50.7 Å². The van der Waals surface area contributed by atoms with Gasteiger partial charge in [-0.2, -0.15) is 0 Å². The number of likely N-dealkylation sites (tertiary alicyclic amines) is 2. The summed E-state index contributed by atoms with van der Waals surface area (Å²) in [6, 6.07) is 3.72. The van der Waals surface area contributed by atoms with Gasteiger partial charge in [-0.1, -0.05) is 19.8 Å². The average molecular weight is 343 g/mol. The van der Waals surface area contributed by atoms with Crippen molar-refractivity contribution in [2.75, 3.05) is 19.6 Å². The molecule has 0 aromatic carbocycles. The van der Waals surface area contributed by atoms with Gasteiger partial charge in [0.15, 0.2) is 0 Å². The highest BCUT2D eigenvalue weighted by atomic mass is 16.2. The third-order valence-electron chi connectivity index (χ3n) is 5.48. The third kappa shape index (κ3) is 4.20. The highest BCUT2D eigenvalue weighted by Gasteiger charge is 2.27. The van der Waals surface area contributed by atoms with Crippen LogP contribution in [0.15, 0.2) is 18.3 Å². The van der Waals surface area contributed by atoms with E-state index in [0.717, 1.165) is 51.7 Å². The molecule has 1 aromatic heterocycles. The maximum absolute atomic E-state index is 12.9. The first-order valence-corrected chi connectivity index (χ1v) is 9.77. The molecule has 2 amide bonds. The van der Waals surface area contributed by atoms with Gasteiger partial charge < -0.3 is 9.80 Å². The standard InChI is InChI=1S/C20H29N3O2/c1-2-17-9-5-8-14-23(17)20(25)18-15-16(10-11-21-18)19(24)22-12-6-3-4-7-13-22/h10-11,15,17H,2-9,12-14H2,1H3. The summed E-state index contributed by atoms with van der Waals surface area (Å²) in [6.07, 6.45) is 10.4. The van der Waals surface area contributed by atoms with Gasteiger partial charge in [-0.25, -0.2) is 0 Å². The lowest BCUT2D eigenvalue weighted by Crippen LogP contribution is -2.43. The van der Waals surface area contributed by atoms with Gasteiger partial charge in [0.25, 0.3) is 11.8 Å². The molecule has 136 valence electrons. The smallest absolute Gasteiger partial charge is 0.272 e. The minimum absolute atomic E-state index is 0.0305. The predicted molar refractivity (Wildman–Crippen MR) is 97.6 cm³/mol. The number of hydrogen-bond acceptors (Lipinski definition) is 3. The normalized spacial score (nSPS) is 21.7. The Morgan fingerprint density at radius 1 is 1.04 bits per heavy atom. The van der Waals surface area contributed by atoms with Crippen LogP contribution in [0.3, 0.4) is 0 Å². The zero-order valence-corrected chi connectivity index (χ0v) is 15.2. The van der Waals surface area contributed by atoms with Gasteiger partial charge in [0.1, 0.15) is 5.69 Å². The molecule has 5 nitrogen and oxygen atoms in total. The Kier molecular flexibility index (Phi) is 6.05. The molecule has 2 fully saturated rings. The highest BCUT2D eigenvalue weighted by Crippen LogP contribution is 2.22. The molecule has 1 aromatic rings. The van der Waals surface area contributed by atoms with Gasteiger partial charge in [-0.15, -0.1) is 0 Å². The van der Waals surface area contributed by atoms with Crippen LogP contribution in [0, 0.1) is 0 Å². The molecule has 2 aliphatic rings. The van der Waals surface area contributed by atoms with Crippen molar-refractivity contribution in [1.82, 2.24) is 14.8 Å². The molecule has 25 heavy (non-hydrogen) atoms. The molecule has 0 radical (unpaired) electrons. The molecule has 0 aliphatic carbocycles. The molecule has 2 aliphatic heterocycles. The predicted octanol–water partition coefficient (Wildman–Crippen LogP) is 3.50. The van der Waals surface area contributed by atoms with E-state index in [1.54, 1.807) is 18.3 Å². The summed E-state index contributed by atoms with van der Waals surface area (Å²) in [5.74, 6) is 0.00102. The Bertz CT molecular complexity index is 609. The second kappa shape index (κ2) is 8.45. The zero-order valence-electron chi connectivity index (χ0n) is 15.2. The summed E-state index contributed by atoms with van der Waals surface area (Å²) in [6.45, 7) is 4.55. The zero-order chi connectivity index (χ0) is 17.6. The van der Waals surface area contributed by atoms with Crippen LogP contribution in [0.1, 0.15) is 79.1 Å². The van der Waals surface area contributed by atoms with Gasteiger partial charge in [-0.3, -0.25) is 14.6 Å². The summed E-state index contributed by atoms with van der Waals surface area (Å²) in [5, 5.41) is 0. The van der Waals surface area contributed by atoms with Crippen LogP contribution in [-0.4, -0.2) is 52.3 Å². The Balaban J connectivity index is 1.76. The van der Waals surface area contributed by atoms with Crippen LogP contribution >= 0.6 is 0 Å². The van der Waals surface area contributed by atoms with E-state index in [0.29, 0.717) is 17.3 Å². The maximum Gasteiger partial charge on any atom is 0.272 e. The van der Waals surface area contributed by atoms with Crippen LogP contribution in [0.25, 0.3) is 0 Å². The average Bonchev–Trinajstić information content (AvgIpc) is 2.96. The quantitative estimate of drug-likeness (QED) is 0.844. The third-order valence-corrected chi connectivity index (χ3v) is 5.48. The topological polar surface area (TPSA) is 53.5 Å². The van der Waals surface area contributed by atoms with Crippen molar-refractivity contribution >= 4 is 11.8 Å². The van der Waals surface area contributed by atoms with Crippen molar-refractivity contribution in [1.29, 1.82) is 0 Å². The number of rotatable bonds is 3. The first kappa shape index (κ1) is 17.9. The van der Waals surface area contributed by atoms with Gasteiger partial charge in [0.05, 0.1) is 0 Å². The minimum atomic E-state index is -0.0305. The number of hydrogen-bond donors (Lipinski definition) is 0. The molecule has 2 saturated heterocycles. The molecule has 0 bridgehead atoms. The summed E-state index contributed by atoms with van der Waals surface area (Å²) >= 11 is 0. The van der Waals surface area contributed by atoms with Crippen molar-refractivity contribution in [3.8, 4) is 0 Å². The number of carbonyl (C=O) groups is 2. The van der Waals surface area contributed by atoms with Crippen molar-refractivity contribution in [2.24, 2.45) is 0 Å². The van der Waals surface area contributed by atoms with E-state index < -0.39 is 0 Å². The van der Waals surface area contributed by atoms with Crippen LogP contribution in [0.2, 0.25) is 0 Å². The molecule has 3 rings (SSSR count). The fourth-order valence-electron chi connectivity index (χ4n) is 3.98. The van der Waals surface area contributed by atoms with E-state index in [9.17, 15) is 9.59 Å². The monoisotopic (exact) mass is 343 g/mol. The lowest BCUT2D eigenvalue weighted by atomic mass is 9.99. The van der Waals surface area contributed by atoms with Crippen LogP contribution in [-0.2, 0) is 0 Å². The summed E-state index contributed by atoms with van der Waals surface area (Å²) in [4.78, 5) is 33.9. The Morgan fingerprint density at radius 2 is 1.76 bits per heavy atom. The summed E-state index contributed by atoms with van der Waals surface area (Å²) in [5.41, 5.74) is 0.992. The van der Waals surface area contributed by atoms with Gasteiger partial charge >= 0.3 is 0 Å². The maximum atomic E-state index is 12.9. The second-order valence-electron chi connectivity index (χ2n) is 7.19. The lowest BCUT2D eigenvalue weighted by molar-refractivity contribution is 0.0602. The molecular weight excluding hydrogens is 314 g/mol. The van der Waals surface area contributed by atoms with E-state index in [-0.39, 0.29) is 11.8 Å². The molecule has 0 spiro atoms. The lowest BCUT2D eigenvalue weighted by Gasteiger charge is -2.35. The number of aromatic nitrogens is 1. The van der Waals surface area contributed by atoms with Crippen molar-refractivity contribution in [3.63, 3.8) is 0 Å². The number of nitrogens with zero attached hydrogens (tertiary/aromatic N) is 3. The SMILES string of the molecule is CCC1CCCCN1C(=O)c1cc(C(=O)N2CCCCCC2)ccn1. The molecule has 0 saturated carbocycles. The fourth-order valence-corrected chi connectivity index (χ4v) is 3.98. The summed E-state index contributed by atoms with van der Waals surface area (Å²) in [7, 11) is 0. The molecule has 5 heteroatoms. The van der Waals surface area contributed by atoms with E-state index in [1.165, 1.54) is 19.3 Å². The highest BCUT2D eigenvalue weighted by molar-refractivity contribution is 5.98. The van der Waals surface area contributed by atoms with Crippen LogP contribution in [0.5, 0.6) is 0 Å². The fraction of sp³-hybridized carbons (Fsp3) is 0.650. The Morgan fingerprint density at radius 3 is 2.48 bits per heavy atom. The van der Waals surface area contributed by atoms with Gasteiger partial charge in [0.2, 0.25) is 0 Å². The summed E-state index contributed by atoms with van der Waals surface area (Å²) < 4.78 is 0. The molecule has 1 unspecified atom stereocenters. The molecule has 0 N–H and O–H groups in total. The number of piperidine rings is 1. The first-order chi connectivity index (χ1) is 12.2. The molecule has 1 atom stereocenters. The minimum Gasteiger partial charge on any atom is -0.339 e. The van der Waals surface area contributed by atoms with E-state index in [4.69, 9.17) is 0 Å². The second-order valence-corrected chi connectivity index (χ2v) is 7.19. The van der Waals surface area contributed by atoms with Gasteiger partial charge in [0, 0.05) is 37.4 Å².